The molecule has 146 valence electrons. The smallest absolute Gasteiger partial charge is 0.298 e. The lowest BCUT2D eigenvalue weighted by Gasteiger charge is -2.06. The minimum Gasteiger partial charge on any atom is -0.430 e. The molecule has 0 spiro atoms. The maximum Gasteiger partial charge on any atom is 0.298 e. The first-order chi connectivity index (χ1) is 13.6. The van der Waals surface area contributed by atoms with Gasteiger partial charge in [-0.3, -0.25) is 4.79 Å². The van der Waals surface area contributed by atoms with E-state index in [1.54, 1.807) is 7.11 Å². The quantitative estimate of drug-likeness (QED) is 0.559. The van der Waals surface area contributed by atoms with Crippen LogP contribution in [0.5, 0.6) is 10.9 Å². The number of aryl methyl sites for hydroxylation is 1. The summed E-state index contributed by atoms with van der Waals surface area (Å²) in [5.41, 5.74) is 3.32. The van der Waals surface area contributed by atoms with Crippen molar-refractivity contribution in [2.75, 3.05) is 20.3 Å². The van der Waals surface area contributed by atoms with Crippen LogP contribution in [0.25, 0.3) is 0 Å². The van der Waals surface area contributed by atoms with Crippen LogP contribution in [0.4, 0.5) is 0 Å². The second-order valence-electron chi connectivity index (χ2n) is 6.40. The molecular weight excluding hydrogens is 374 g/mol. The molecule has 1 aromatic heterocycles. The predicted octanol–water partition coefficient (Wildman–Crippen LogP) is 3.53. The third-order valence-electron chi connectivity index (χ3n) is 4.05. The summed E-state index contributed by atoms with van der Waals surface area (Å²) in [5.74, 6) is 1.38. The Morgan fingerprint density at radius 3 is 2.50 bits per heavy atom. The SMILES string of the molecule is COCCNC(=O)Cc1ccc(Oc2nc(Cc3ccc(C)cc3)ns2)cc1. The fourth-order valence-electron chi connectivity index (χ4n) is 2.56. The number of methoxy groups -OCH3 is 1. The van der Waals surface area contributed by atoms with Crippen molar-refractivity contribution in [3.8, 4) is 10.9 Å². The summed E-state index contributed by atoms with van der Waals surface area (Å²) in [4.78, 5) is 16.3. The highest BCUT2D eigenvalue weighted by atomic mass is 32.1. The first-order valence-corrected chi connectivity index (χ1v) is 9.80. The molecule has 0 aliphatic heterocycles. The van der Waals surface area contributed by atoms with E-state index < -0.39 is 0 Å². The van der Waals surface area contributed by atoms with Crippen molar-refractivity contribution in [1.82, 2.24) is 14.7 Å². The lowest BCUT2D eigenvalue weighted by molar-refractivity contribution is -0.120. The lowest BCUT2D eigenvalue weighted by Crippen LogP contribution is -2.28. The summed E-state index contributed by atoms with van der Waals surface area (Å²) in [6.07, 6.45) is 1.00. The Morgan fingerprint density at radius 2 is 1.79 bits per heavy atom. The number of hydrogen-bond donors (Lipinski definition) is 1. The van der Waals surface area contributed by atoms with Gasteiger partial charge in [0, 0.05) is 31.6 Å². The van der Waals surface area contributed by atoms with Crippen LogP contribution in [0.3, 0.4) is 0 Å². The number of ether oxygens (including phenoxy) is 2. The van der Waals surface area contributed by atoms with Gasteiger partial charge in [0.1, 0.15) is 5.75 Å². The highest BCUT2D eigenvalue weighted by Crippen LogP contribution is 2.24. The van der Waals surface area contributed by atoms with Crippen LogP contribution in [0.1, 0.15) is 22.5 Å². The van der Waals surface area contributed by atoms with E-state index in [-0.39, 0.29) is 5.91 Å². The van der Waals surface area contributed by atoms with Gasteiger partial charge in [-0.2, -0.15) is 9.36 Å². The molecule has 1 amide bonds. The molecule has 0 fully saturated rings. The van der Waals surface area contributed by atoms with Gasteiger partial charge in [0.2, 0.25) is 5.91 Å². The topological polar surface area (TPSA) is 73.3 Å². The summed E-state index contributed by atoms with van der Waals surface area (Å²) < 4.78 is 15.1. The number of rotatable bonds is 9. The van der Waals surface area contributed by atoms with Gasteiger partial charge in [-0.15, -0.1) is 0 Å². The summed E-state index contributed by atoms with van der Waals surface area (Å²) >= 11 is 1.23. The maximum absolute atomic E-state index is 11.8. The molecule has 2 aromatic carbocycles. The molecule has 1 N–H and O–H groups in total. The minimum atomic E-state index is -0.0319. The van der Waals surface area contributed by atoms with E-state index in [0.717, 1.165) is 11.4 Å². The normalized spacial score (nSPS) is 10.6. The van der Waals surface area contributed by atoms with Gasteiger partial charge < -0.3 is 14.8 Å². The number of carbonyl (C=O) groups excluding carboxylic acids is 1. The molecule has 0 radical (unpaired) electrons. The number of carbonyl (C=O) groups is 1. The zero-order chi connectivity index (χ0) is 19.8. The number of amides is 1. The average molecular weight is 398 g/mol. The van der Waals surface area contributed by atoms with Gasteiger partial charge in [-0.05, 0) is 30.2 Å². The van der Waals surface area contributed by atoms with Crippen molar-refractivity contribution in [2.24, 2.45) is 0 Å². The molecule has 0 unspecified atom stereocenters. The maximum atomic E-state index is 11.8. The van der Waals surface area contributed by atoms with Gasteiger partial charge in [0.25, 0.3) is 5.19 Å². The molecule has 0 saturated heterocycles. The van der Waals surface area contributed by atoms with Crippen LogP contribution < -0.4 is 10.1 Å². The van der Waals surface area contributed by atoms with E-state index >= 15 is 0 Å². The molecule has 1 heterocycles. The van der Waals surface area contributed by atoms with Crippen molar-refractivity contribution < 1.29 is 14.3 Å². The predicted molar refractivity (Wildman–Crippen MR) is 109 cm³/mol. The molecule has 0 atom stereocenters. The highest BCUT2D eigenvalue weighted by molar-refractivity contribution is 7.07. The van der Waals surface area contributed by atoms with E-state index in [2.05, 4.69) is 45.9 Å². The molecule has 0 bridgehead atoms. The van der Waals surface area contributed by atoms with Crippen LogP contribution in [-0.2, 0) is 22.4 Å². The molecule has 3 aromatic rings. The number of aromatic nitrogens is 2. The third-order valence-corrected chi connectivity index (χ3v) is 4.69. The number of nitrogens with zero attached hydrogens (tertiary/aromatic N) is 2. The standard InChI is InChI=1S/C21H23N3O3S/c1-15-3-5-16(6-4-15)13-19-23-21(28-24-19)27-18-9-7-17(8-10-18)14-20(25)22-11-12-26-2/h3-10H,11-14H2,1-2H3,(H,22,25). The van der Waals surface area contributed by atoms with E-state index in [1.165, 1.54) is 22.7 Å². The number of hydrogen-bond acceptors (Lipinski definition) is 6. The fraction of sp³-hybridized carbons (Fsp3) is 0.286. The summed E-state index contributed by atoms with van der Waals surface area (Å²) in [7, 11) is 1.61. The van der Waals surface area contributed by atoms with E-state index in [9.17, 15) is 4.79 Å². The average Bonchev–Trinajstić information content (AvgIpc) is 3.12. The molecule has 28 heavy (non-hydrogen) atoms. The Hall–Kier alpha value is -2.77. The van der Waals surface area contributed by atoms with Crippen molar-refractivity contribution in [2.45, 2.75) is 19.8 Å². The van der Waals surface area contributed by atoms with E-state index in [4.69, 9.17) is 9.47 Å². The third kappa shape index (κ3) is 6.14. The summed E-state index contributed by atoms with van der Waals surface area (Å²) in [6.45, 7) is 3.08. The van der Waals surface area contributed by atoms with E-state index in [0.29, 0.717) is 36.9 Å². The van der Waals surface area contributed by atoms with E-state index in [1.807, 2.05) is 24.3 Å². The van der Waals surface area contributed by atoms with Crippen molar-refractivity contribution in [1.29, 1.82) is 0 Å². The molecule has 7 heteroatoms. The monoisotopic (exact) mass is 397 g/mol. The number of benzene rings is 2. The zero-order valence-electron chi connectivity index (χ0n) is 16.0. The lowest BCUT2D eigenvalue weighted by atomic mass is 10.1. The van der Waals surface area contributed by atoms with Gasteiger partial charge >= 0.3 is 0 Å². The van der Waals surface area contributed by atoms with Crippen LogP contribution in [-0.4, -0.2) is 35.5 Å². The van der Waals surface area contributed by atoms with Crippen LogP contribution >= 0.6 is 11.5 Å². The first-order valence-electron chi connectivity index (χ1n) is 9.03. The van der Waals surface area contributed by atoms with Crippen molar-refractivity contribution in [3.05, 3.63) is 71.0 Å². The first kappa shape index (κ1) is 20.0. The van der Waals surface area contributed by atoms with Gasteiger partial charge in [-0.1, -0.05) is 42.0 Å². The minimum absolute atomic E-state index is 0.0319. The Bertz CT molecular complexity index is 892. The van der Waals surface area contributed by atoms with Crippen LogP contribution in [0.15, 0.2) is 48.5 Å². The molecule has 3 rings (SSSR count). The second-order valence-corrected chi connectivity index (χ2v) is 7.12. The Kier molecular flexibility index (Phi) is 7.11. The zero-order valence-corrected chi connectivity index (χ0v) is 16.8. The molecule has 0 aliphatic rings. The second kappa shape index (κ2) is 9.96. The highest BCUT2D eigenvalue weighted by Gasteiger charge is 2.08. The van der Waals surface area contributed by atoms with Gasteiger partial charge in [0.05, 0.1) is 13.0 Å². The Morgan fingerprint density at radius 1 is 1.07 bits per heavy atom. The summed E-state index contributed by atoms with van der Waals surface area (Å²) in [6, 6.07) is 15.7. The van der Waals surface area contributed by atoms with Gasteiger partial charge in [-0.25, -0.2) is 0 Å². The molecular formula is C21H23N3O3S. The van der Waals surface area contributed by atoms with Crippen LogP contribution in [0.2, 0.25) is 0 Å². The van der Waals surface area contributed by atoms with Gasteiger partial charge in [0.15, 0.2) is 5.82 Å². The summed E-state index contributed by atoms with van der Waals surface area (Å²) in [5, 5.41) is 3.31. The van der Waals surface area contributed by atoms with Crippen molar-refractivity contribution in [3.63, 3.8) is 0 Å². The van der Waals surface area contributed by atoms with Crippen molar-refractivity contribution >= 4 is 17.4 Å². The largest absolute Gasteiger partial charge is 0.430 e. The fourth-order valence-corrected chi connectivity index (χ4v) is 3.12. The molecule has 6 nitrogen and oxygen atoms in total. The van der Waals surface area contributed by atoms with Crippen LogP contribution in [0, 0.1) is 6.92 Å². The number of nitrogens with one attached hydrogen (secondary N) is 1. The molecule has 0 saturated carbocycles. The molecule has 0 aliphatic carbocycles. The Balaban J connectivity index is 1.52. The Labute approximate surface area is 168 Å².